The van der Waals surface area contributed by atoms with Crippen molar-refractivity contribution in [3.63, 3.8) is 0 Å². The number of aryl methyl sites for hydroxylation is 1. The van der Waals surface area contributed by atoms with Crippen LogP contribution >= 0.6 is 0 Å². The van der Waals surface area contributed by atoms with Gasteiger partial charge in [-0.25, -0.2) is 4.79 Å². The normalized spacial score (nSPS) is 11.1. The molecule has 6 nitrogen and oxygen atoms in total. The second-order valence-corrected chi connectivity index (χ2v) is 4.62. The number of para-hydroxylation sites is 1. The zero-order chi connectivity index (χ0) is 14.1. The predicted molar refractivity (Wildman–Crippen MR) is 68.0 cm³/mol. The predicted octanol–water partition coefficient (Wildman–Crippen LogP) is 2.20. The Balaban J connectivity index is 3.38. The third-order valence-electron chi connectivity index (χ3n) is 3.12. The molecule has 0 fully saturated rings. The summed E-state index contributed by atoms with van der Waals surface area (Å²) in [5.41, 5.74) is -0.481. The number of anilines is 1. The quantitative estimate of drug-likeness (QED) is 0.656. The summed E-state index contributed by atoms with van der Waals surface area (Å²) in [5, 5.41) is 20.2. The second-order valence-electron chi connectivity index (χ2n) is 4.62. The number of rotatable bonds is 4. The maximum absolute atomic E-state index is 11.2. The summed E-state index contributed by atoms with van der Waals surface area (Å²) >= 11 is 0. The van der Waals surface area contributed by atoms with Gasteiger partial charge in [-0.3, -0.25) is 10.1 Å². The number of likely N-dealkylation sites (N-methyl/N-ethyl adjacent to an activating group) is 1. The first-order chi connectivity index (χ1) is 8.19. The van der Waals surface area contributed by atoms with E-state index in [1.165, 1.54) is 25.8 Å². The zero-order valence-electron chi connectivity index (χ0n) is 10.8. The van der Waals surface area contributed by atoms with Gasteiger partial charge in [0.2, 0.25) is 0 Å². The van der Waals surface area contributed by atoms with Crippen molar-refractivity contribution in [1.29, 1.82) is 0 Å². The fraction of sp³-hybridized carbons (Fsp3) is 0.417. The molecule has 1 N–H and O–H groups in total. The number of nitrogens with zero attached hydrogens (tertiary/aromatic N) is 2. The summed E-state index contributed by atoms with van der Waals surface area (Å²) in [6.07, 6.45) is 0. The number of benzene rings is 1. The van der Waals surface area contributed by atoms with Gasteiger partial charge in [0.1, 0.15) is 11.2 Å². The van der Waals surface area contributed by atoms with Gasteiger partial charge in [-0.2, -0.15) is 0 Å². The molecule has 1 rings (SSSR count). The molecule has 0 saturated carbocycles. The summed E-state index contributed by atoms with van der Waals surface area (Å²) in [4.78, 5) is 23.2. The summed E-state index contributed by atoms with van der Waals surface area (Å²) in [6.45, 7) is 4.63. The first-order valence-electron chi connectivity index (χ1n) is 5.40. The third kappa shape index (κ3) is 2.27. The van der Waals surface area contributed by atoms with Gasteiger partial charge < -0.3 is 10.0 Å². The molecule has 0 bridgehead atoms. The maximum atomic E-state index is 11.2. The van der Waals surface area contributed by atoms with E-state index in [9.17, 15) is 14.9 Å². The average Bonchev–Trinajstić information content (AvgIpc) is 2.26. The number of carbonyl (C=O) groups is 1. The van der Waals surface area contributed by atoms with Crippen molar-refractivity contribution < 1.29 is 14.8 Å². The van der Waals surface area contributed by atoms with Crippen molar-refractivity contribution in [3.8, 4) is 0 Å². The van der Waals surface area contributed by atoms with Crippen LogP contribution in [0.3, 0.4) is 0 Å². The number of hydrogen-bond acceptors (Lipinski definition) is 4. The Bertz CT molecular complexity index is 497. The van der Waals surface area contributed by atoms with E-state index in [2.05, 4.69) is 0 Å². The lowest BCUT2D eigenvalue weighted by atomic mass is 10.0. The highest BCUT2D eigenvalue weighted by molar-refractivity contribution is 5.84. The molecule has 18 heavy (non-hydrogen) atoms. The lowest BCUT2D eigenvalue weighted by Crippen LogP contribution is -2.48. The van der Waals surface area contributed by atoms with Crippen molar-refractivity contribution >= 4 is 17.3 Å². The third-order valence-corrected chi connectivity index (χ3v) is 3.12. The average molecular weight is 252 g/mol. The lowest BCUT2D eigenvalue weighted by Gasteiger charge is -2.33. The highest BCUT2D eigenvalue weighted by Crippen LogP contribution is 2.34. The molecule has 0 aromatic heterocycles. The molecule has 1 aromatic carbocycles. The van der Waals surface area contributed by atoms with Crippen LogP contribution in [0.4, 0.5) is 11.4 Å². The van der Waals surface area contributed by atoms with Crippen molar-refractivity contribution in [2.45, 2.75) is 26.3 Å². The van der Waals surface area contributed by atoms with Gasteiger partial charge in [0.05, 0.1) is 4.92 Å². The van der Waals surface area contributed by atoms with Crippen LogP contribution in [0.15, 0.2) is 18.2 Å². The minimum Gasteiger partial charge on any atom is -0.480 e. The van der Waals surface area contributed by atoms with E-state index < -0.39 is 16.4 Å². The van der Waals surface area contributed by atoms with Gasteiger partial charge in [-0.05, 0) is 26.8 Å². The number of carboxylic acids is 1. The van der Waals surface area contributed by atoms with Gasteiger partial charge in [-0.15, -0.1) is 0 Å². The molecule has 0 heterocycles. The van der Waals surface area contributed by atoms with E-state index in [1.807, 2.05) is 0 Å². The number of carboxylic acid groups (broad SMARTS) is 1. The van der Waals surface area contributed by atoms with Crippen LogP contribution in [0.25, 0.3) is 0 Å². The van der Waals surface area contributed by atoms with Crippen LogP contribution in [0.5, 0.6) is 0 Å². The maximum Gasteiger partial charge on any atom is 0.328 e. The Morgan fingerprint density at radius 1 is 1.44 bits per heavy atom. The first-order valence-corrected chi connectivity index (χ1v) is 5.40. The molecule has 0 aliphatic rings. The molecule has 0 unspecified atom stereocenters. The molecule has 0 aliphatic heterocycles. The molecule has 0 atom stereocenters. The second kappa shape index (κ2) is 4.64. The van der Waals surface area contributed by atoms with Crippen molar-refractivity contribution in [2.75, 3.05) is 11.9 Å². The summed E-state index contributed by atoms with van der Waals surface area (Å²) < 4.78 is 0. The van der Waals surface area contributed by atoms with E-state index in [-0.39, 0.29) is 5.69 Å². The molecular weight excluding hydrogens is 236 g/mol. The summed E-state index contributed by atoms with van der Waals surface area (Å²) in [7, 11) is 1.54. The van der Waals surface area contributed by atoms with Gasteiger partial charge in [0.15, 0.2) is 0 Å². The fourth-order valence-corrected chi connectivity index (χ4v) is 1.60. The Kier molecular flexibility index (Phi) is 3.59. The van der Waals surface area contributed by atoms with E-state index in [0.29, 0.717) is 11.3 Å². The van der Waals surface area contributed by atoms with E-state index in [1.54, 1.807) is 25.1 Å². The van der Waals surface area contributed by atoms with Gasteiger partial charge in [-0.1, -0.05) is 12.1 Å². The zero-order valence-corrected chi connectivity index (χ0v) is 10.8. The fourth-order valence-electron chi connectivity index (χ4n) is 1.60. The monoisotopic (exact) mass is 252 g/mol. The van der Waals surface area contributed by atoms with Crippen LogP contribution in [-0.2, 0) is 4.79 Å². The van der Waals surface area contributed by atoms with Crippen molar-refractivity contribution in [3.05, 3.63) is 33.9 Å². The lowest BCUT2D eigenvalue weighted by molar-refractivity contribution is -0.384. The highest BCUT2D eigenvalue weighted by atomic mass is 16.6. The van der Waals surface area contributed by atoms with Gasteiger partial charge >= 0.3 is 5.97 Å². The van der Waals surface area contributed by atoms with Crippen molar-refractivity contribution in [2.24, 2.45) is 0 Å². The molecule has 0 saturated heterocycles. The number of aliphatic carboxylic acids is 1. The van der Waals surface area contributed by atoms with Crippen LogP contribution in [0.2, 0.25) is 0 Å². The Hall–Kier alpha value is -2.11. The smallest absolute Gasteiger partial charge is 0.328 e. The van der Waals surface area contributed by atoms with Crippen LogP contribution in [0, 0.1) is 17.0 Å². The largest absolute Gasteiger partial charge is 0.480 e. The van der Waals surface area contributed by atoms with E-state index >= 15 is 0 Å². The molecule has 1 aromatic rings. The summed E-state index contributed by atoms with van der Waals surface area (Å²) in [5.74, 6) is -1.04. The molecule has 98 valence electrons. The number of nitro benzene ring substituents is 1. The standard InChI is InChI=1S/C12H16N2O4/c1-8-6-5-7-9(10(8)14(17)18)13(4)12(2,3)11(15)16/h5-7H,1-4H3,(H,15,16). The van der Waals surface area contributed by atoms with E-state index in [4.69, 9.17) is 5.11 Å². The molecule has 0 radical (unpaired) electrons. The topological polar surface area (TPSA) is 83.7 Å². The SMILES string of the molecule is Cc1cccc(N(C)C(C)(C)C(=O)O)c1[N+](=O)[O-]. The van der Waals surface area contributed by atoms with Crippen molar-refractivity contribution in [1.82, 2.24) is 0 Å². The Morgan fingerprint density at radius 2 is 2.00 bits per heavy atom. The van der Waals surface area contributed by atoms with Gasteiger partial charge in [0, 0.05) is 12.6 Å². The first kappa shape index (κ1) is 14.0. The molecular formula is C12H16N2O4. The Labute approximate surface area is 105 Å². The Morgan fingerprint density at radius 3 is 2.44 bits per heavy atom. The highest BCUT2D eigenvalue weighted by Gasteiger charge is 2.35. The molecule has 6 heteroatoms. The van der Waals surface area contributed by atoms with Crippen LogP contribution in [0.1, 0.15) is 19.4 Å². The van der Waals surface area contributed by atoms with Crippen LogP contribution in [-0.4, -0.2) is 28.6 Å². The number of nitro groups is 1. The van der Waals surface area contributed by atoms with Crippen LogP contribution < -0.4 is 4.90 Å². The molecule has 0 spiro atoms. The molecule has 0 amide bonds. The summed E-state index contributed by atoms with van der Waals surface area (Å²) in [6, 6.07) is 4.85. The minimum atomic E-state index is -1.22. The van der Waals surface area contributed by atoms with Gasteiger partial charge in [0.25, 0.3) is 5.69 Å². The van der Waals surface area contributed by atoms with E-state index in [0.717, 1.165) is 0 Å². The molecule has 0 aliphatic carbocycles. The minimum absolute atomic E-state index is 0.0608. The number of hydrogen-bond donors (Lipinski definition) is 1.